The fraction of sp³-hybridized carbons (Fsp3) is 0.417. The summed E-state index contributed by atoms with van der Waals surface area (Å²) in [6.45, 7) is 6.33. The molecule has 0 spiro atoms. The van der Waals surface area contributed by atoms with Crippen molar-refractivity contribution < 1.29 is 9.53 Å². The highest BCUT2D eigenvalue weighted by Gasteiger charge is 2.20. The zero-order chi connectivity index (χ0) is 11.8. The molecule has 1 N–H and O–H groups in total. The molecule has 1 aliphatic heterocycles. The SMILES string of the molecule is CC(C)(C)OC(=O)c1cc2n(c1)C=CNC2. The number of ether oxygens (including phenoxy) is 1. The van der Waals surface area contributed by atoms with Gasteiger partial charge < -0.3 is 14.6 Å². The van der Waals surface area contributed by atoms with Gasteiger partial charge in [0.25, 0.3) is 0 Å². The molecule has 86 valence electrons. The highest BCUT2D eigenvalue weighted by atomic mass is 16.6. The van der Waals surface area contributed by atoms with Crippen LogP contribution in [0, 0.1) is 0 Å². The van der Waals surface area contributed by atoms with E-state index in [1.54, 1.807) is 6.20 Å². The van der Waals surface area contributed by atoms with E-state index in [0.717, 1.165) is 12.2 Å². The molecule has 0 fully saturated rings. The third-order valence-electron chi connectivity index (χ3n) is 2.20. The number of aromatic nitrogens is 1. The Balaban J connectivity index is 2.19. The second-order valence-electron chi connectivity index (χ2n) is 4.83. The molecule has 4 heteroatoms. The maximum absolute atomic E-state index is 11.8. The molecule has 0 unspecified atom stereocenters. The molecule has 0 saturated carbocycles. The number of fused-ring (bicyclic) bond motifs is 1. The normalized spacial score (nSPS) is 14.2. The lowest BCUT2D eigenvalue weighted by Gasteiger charge is -2.18. The molecule has 1 aromatic heterocycles. The van der Waals surface area contributed by atoms with Crippen molar-refractivity contribution in [3.63, 3.8) is 0 Å². The predicted octanol–water partition coefficient (Wildman–Crippen LogP) is 1.97. The van der Waals surface area contributed by atoms with Crippen molar-refractivity contribution in [3.8, 4) is 0 Å². The average molecular weight is 220 g/mol. The van der Waals surface area contributed by atoms with E-state index in [2.05, 4.69) is 5.32 Å². The second kappa shape index (κ2) is 3.70. The fourth-order valence-corrected chi connectivity index (χ4v) is 1.55. The third kappa shape index (κ3) is 2.27. The summed E-state index contributed by atoms with van der Waals surface area (Å²) in [5.41, 5.74) is 1.20. The molecule has 0 aromatic carbocycles. The van der Waals surface area contributed by atoms with Gasteiger partial charge in [0.1, 0.15) is 5.60 Å². The zero-order valence-corrected chi connectivity index (χ0v) is 9.78. The molecule has 4 nitrogen and oxygen atoms in total. The summed E-state index contributed by atoms with van der Waals surface area (Å²) in [5, 5.41) is 3.09. The first-order chi connectivity index (χ1) is 7.46. The van der Waals surface area contributed by atoms with Crippen LogP contribution in [0.1, 0.15) is 36.8 Å². The van der Waals surface area contributed by atoms with E-state index in [1.807, 2.05) is 43.8 Å². The van der Waals surface area contributed by atoms with E-state index in [-0.39, 0.29) is 5.97 Å². The molecule has 0 bridgehead atoms. The Morgan fingerprint density at radius 3 is 2.88 bits per heavy atom. The van der Waals surface area contributed by atoms with Crippen LogP contribution in [0.2, 0.25) is 0 Å². The molecule has 0 amide bonds. The third-order valence-corrected chi connectivity index (χ3v) is 2.20. The van der Waals surface area contributed by atoms with E-state index in [1.165, 1.54) is 0 Å². The van der Waals surface area contributed by atoms with Crippen LogP contribution in [-0.4, -0.2) is 16.1 Å². The summed E-state index contributed by atoms with van der Waals surface area (Å²) < 4.78 is 7.23. The Kier molecular flexibility index (Phi) is 2.50. The van der Waals surface area contributed by atoms with E-state index in [4.69, 9.17) is 4.74 Å². The molecule has 2 rings (SSSR count). The highest BCUT2D eigenvalue weighted by Crippen LogP contribution is 2.16. The second-order valence-corrected chi connectivity index (χ2v) is 4.83. The van der Waals surface area contributed by atoms with E-state index >= 15 is 0 Å². The van der Waals surface area contributed by atoms with Gasteiger partial charge in [-0.1, -0.05) is 0 Å². The number of esters is 1. The van der Waals surface area contributed by atoms with E-state index < -0.39 is 5.60 Å². The molecule has 2 heterocycles. The van der Waals surface area contributed by atoms with Gasteiger partial charge in [-0.2, -0.15) is 0 Å². The number of hydrogen-bond acceptors (Lipinski definition) is 3. The van der Waals surface area contributed by atoms with Crippen LogP contribution >= 0.6 is 0 Å². The largest absolute Gasteiger partial charge is 0.456 e. The monoisotopic (exact) mass is 220 g/mol. The molecule has 0 saturated heterocycles. The van der Waals surface area contributed by atoms with Gasteiger partial charge in [-0.15, -0.1) is 0 Å². The average Bonchev–Trinajstić information content (AvgIpc) is 2.58. The molecular formula is C12H16N2O2. The molecule has 16 heavy (non-hydrogen) atoms. The minimum absolute atomic E-state index is 0.275. The van der Waals surface area contributed by atoms with Crippen LogP contribution in [0.5, 0.6) is 0 Å². The number of nitrogens with one attached hydrogen (secondary N) is 1. The van der Waals surface area contributed by atoms with Gasteiger partial charge in [0.15, 0.2) is 0 Å². The number of carbonyl (C=O) groups is 1. The molecule has 1 aromatic rings. The topological polar surface area (TPSA) is 43.3 Å². The van der Waals surface area contributed by atoms with E-state index in [9.17, 15) is 4.79 Å². The highest BCUT2D eigenvalue weighted by molar-refractivity contribution is 5.90. The first-order valence-corrected chi connectivity index (χ1v) is 5.30. The number of nitrogens with zero attached hydrogens (tertiary/aromatic N) is 1. The summed E-state index contributed by atoms with van der Waals surface area (Å²) in [6.07, 6.45) is 5.53. The van der Waals surface area contributed by atoms with Crippen molar-refractivity contribution in [2.45, 2.75) is 32.9 Å². The Labute approximate surface area is 94.9 Å². The van der Waals surface area contributed by atoms with Crippen LogP contribution in [0.4, 0.5) is 0 Å². The standard InChI is InChI=1S/C12H16N2O2/c1-12(2,3)16-11(15)9-6-10-7-13-4-5-14(10)8-9/h4-6,8,13H,7H2,1-3H3. The minimum atomic E-state index is -0.451. The van der Waals surface area contributed by atoms with Gasteiger partial charge in [-0.25, -0.2) is 4.79 Å². The molecule has 1 aliphatic rings. The van der Waals surface area contributed by atoms with Crippen molar-refractivity contribution in [3.05, 3.63) is 29.7 Å². The molecule has 0 radical (unpaired) electrons. The molecular weight excluding hydrogens is 204 g/mol. The minimum Gasteiger partial charge on any atom is -0.456 e. The Morgan fingerprint density at radius 2 is 2.25 bits per heavy atom. The van der Waals surface area contributed by atoms with Crippen LogP contribution in [-0.2, 0) is 11.3 Å². The lowest BCUT2D eigenvalue weighted by atomic mass is 10.2. The first-order valence-electron chi connectivity index (χ1n) is 5.30. The predicted molar refractivity (Wildman–Crippen MR) is 61.8 cm³/mol. The summed E-state index contributed by atoms with van der Waals surface area (Å²) in [5.74, 6) is -0.275. The van der Waals surface area contributed by atoms with Gasteiger partial charge in [0.2, 0.25) is 0 Å². The quantitative estimate of drug-likeness (QED) is 0.736. The number of carbonyl (C=O) groups excluding carboxylic acids is 1. The van der Waals surface area contributed by atoms with Gasteiger partial charge >= 0.3 is 5.97 Å². The summed E-state index contributed by atoms with van der Waals surface area (Å²) in [6, 6.07) is 1.85. The first kappa shape index (κ1) is 10.8. The van der Waals surface area contributed by atoms with Crippen molar-refractivity contribution in [2.75, 3.05) is 0 Å². The van der Waals surface area contributed by atoms with Crippen LogP contribution < -0.4 is 5.32 Å². The van der Waals surface area contributed by atoms with Crippen molar-refractivity contribution in [2.24, 2.45) is 0 Å². The maximum Gasteiger partial charge on any atom is 0.340 e. The summed E-state index contributed by atoms with van der Waals surface area (Å²) in [7, 11) is 0. The number of hydrogen-bond donors (Lipinski definition) is 1. The Morgan fingerprint density at radius 1 is 1.50 bits per heavy atom. The van der Waals surface area contributed by atoms with Gasteiger partial charge in [-0.3, -0.25) is 0 Å². The molecule has 0 atom stereocenters. The molecule has 0 aliphatic carbocycles. The smallest absolute Gasteiger partial charge is 0.340 e. The van der Waals surface area contributed by atoms with E-state index in [0.29, 0.717) is 5.56 Å². The van der Waals surface area contributed by atoms with Crippen LogP contribution in [0.15, 0.2) is 18.5 Å². The van der Waals surface area contributed by atoms with Crippen molar-refractivity contribution >= 4 is 12.2 Å². The fourth-order valence-electron chi connectivity index (χ4n) is 1.55. The summed E-state index contributed by atoms with van der Waals surface area (Å²) in [4.78, 5) is 11.8. The van der Waals surface area contributed by atoms with Gasteiger partial charge in [-0.05, 0) is 26.8 Å². The zero-order valence-electron chi connectivity index (χ0n) is 9.78. The number of rotatable bonds is 1. The van der Waals surface area contributed by atoms with Crippen LogP contribution in [0.25, 0.3) is 6.20 Å². The van der Waals surface area contributed by atoms with Crippen molar-refractivity contribution in [1.82, 2.24) is 9.88 Å². The van der Waals surface area contributed by atoms with Gasteiger partial charge in [0, 0.05) is 24.3 Å². The van der Waals surface area contributed by atoms with Crippen molar-refractivity contribution in [1.29, 1.82) is 0 Å². The van der Waals surface area contributed by atoms with Crippen LogP contribution in [0.3, 0.4) is 0 Å². The maximum atomic E-state index is 11.8. The lowest BCUT2D eigenvalue weighted by molar-refractivity contribution is 0.00696. The Hall–Kier alpha value is -1.71. The lowest BCUT2D eigenvalue weighted by Crippen LogP contribution is -2.23. The Bertz CT molecular complexity index is 438. The van der Waals surface area contributed by atoms with Gasteiger partial charge in [0.05, 0.1) is 12.1 Å². The summed E-state index contributed by atoms with van der Waals surface area (Å²) >= 11 is 0.